The summed E-state index contributed by atoms with van der Waals surface area (Å²) in [4.78, 5) is 10.9. The monoisotopic (exact) mass is 406 g/mol. The van der Waals surface area contributed by atoms with Crippen LogP contribution in [0.2, 0.25) is 0 Å². The highest BCUT2D eigenvalue weighted by Gasteiger charge is 1.99. The van der Waals surface area contributed by atoms with Crippen LogP contribution in [0.25, 0.3) is 6.08 Å². The molecule has 0 fully saturated rings. The highest BCUT2D eigenvalue weighted by molar-refractivity contribution is 5.91. The molecule has 0 aromatic heterocycles. The Hall–Kier alpha value is -3.64. The van der Waals surface area contributed by atoms with Crippen LogP contribution in [-0.4, -0.2) is 23.9 Å². The maximum absolute atomic E-state index is 10.9. The minimum absolute atomic E-state index is 0.589. The van der Waals surface area contributed by atoms with Crippen LogP contribution in [0.15, 0.2) is 78.9 Å². The summed E-state index contributed by atoms with van der Waals surface area (Å²) in [5, 5.41) is 18.5. The zero-order valence-corrected chi connectivity index (χ0v) is 17.2. The molecule has 6 nitrogen and oxygen atoms in total. The molecule has 158 valence electrons. The van der Waals surface area contributed by atoms with Gasteiger partial charge in [0.1, 0.15) is 0 Å². The fourth-order valence-corrected chi connectivity index (χ4v) is 2.33. The van der Waals surface area contributed by atoms with Crippen molar-refractivity contribution in [2.45, 2.75) is 19.8 Å². The summed E-state index contributed by atoms with van der Waals surface area (Å²) in [7, 11) is 0. The van der Waals surface area contributed by atoms with Crippen molar-refractivity contribution in [3.8, 4) is 0 Å². The lowest BCUT2D eigenvalue weighted by atomic mass is 10.1. The van der Waals surface area contributed by atoms with Crippen LogP contribution in [-0.2, 0) is 4.79 Å². The third-order valence-corrected chi connectivity index (χ3v) is 3.87. The lowest BCUT2D eigenvalue weighted by molar-refractivity contribution is -0.124. The van der Waals surface area contributed by atoms with Gasteiger partial charge in [0.05, 0.1) is 11.4 Å². The van der Waals surface area contributed by atoms with Crippen LogP contribution in [0.1, 0.15) is 24.0 Å². The van der Waals surface area contributed by atoms with Crippen LogP contribution < -0.4 is 16.5 Å². The van der Waals surface area contributed by atoms with E-state index in [1.807, 2.05) is 48.6 Å². The molecule has 0 bridgehead atoms. The minimum Gasteiger partial charge on any atom is -0.397 e. The number of hydrogen-bond acceptors (Lipinski definition) is 5. The van der Waals surface area contributed by atoms with E-state index in [0.29, 0.717) is 5.69 Å². The molecule has 0 saturated carbocycles. The molecule has 0 unspecified atom stereocenters. The Kier molecular flexibility index (Phi) is 12.4. The first kappa shape index (κ1) is 24.4. The van der Waals surface area contributed by atoms with E-state index in [1.165, 1.54) is 23.3 Å². The number of nitrogen functional groups attached to an aromatic ring is 1. The van der Waals surface area contributed by atoms with Gasteiger partial charge in [-0.15, -0.1) is 0 Å². The van der Waals surface area contributed by atoms with Gasteiger partial charge < -0.3 is 16.5 Å². The van der Waals surface area contributed by atoms with Gasteiger partial charge in [0.2, 0.25) is 0 Å². The Labute approximate surface area is 178 Å². The largest absolute Gasteiger partial charge is 0.397 e. The third-order valence-electron chi connectivity index (χ3n) is 3.87. The summed E-state index contributed by atoms with van der Waals surface area (Å²) < 4.78 is 0. The summed E-state index contributed by atoms with van der Waals surface area (Å²) in [5.41, 5.74) is 11.0. The van der Waals surface area contributed by atoms with Crippen LogP contribution in [0.4, 0.5) is 11.4 Å². The molecule has 30 heavy (non-hydrogen) atoms. The lowest BCUT2D eigenvalue weighted by Gasteiger charge is -2.09. The molecule has 0 atom stereocenters. The summed E-state index contributed by atoms with van der Waals surface area (Å²) in [6.07, 6.45) is 13.4. The quantitative estimate of drug-likeness (QED) is 0.0788. The van der Waals surface area contributed by atoms with E-state index in [2.05, 4.69) is 24.4 Å². The van der Waals surface area contributed by atoms with Gasteiger partial charge in [0, 0.05) is 18.8 Å². The van der Waals surface area contributed by atoms with Gasteiger partial charge in [-0.1, -0.05) is 60.2 Å². The molecule has 2 aromatic rings. The summed E-state index contributed by atoms with van der Waals surface area (Å²) >= 11 is 0. The first-order valence-corrected chi connectivity index (χ1v) is 9.66. The van der Waals surface area contributed by atoms with Gasteiger partial charge in [-0.3, -0.25) is 10.0 Å². The van der Waals surface area contributed by atoms with Crippen molar-refractivity contribution in [3.63, 3.8) is 0 Å². The van der Waals surface area contributed by atoms with Crippen molar-refractivity contribution in [2.24, 2.45) is 0 Å². The summed E-state index contributed by atoms with van der Waals surface area (Å²) in [6, 6.07) is 15.7. The number of benzene rings is 2. The van der Waals surface area contributed by atoms with E-state index in [9.17, 15) is 4.79 Å². The molecule has 2 aromatic carbocycles. The molecular weight excluding hydrogens is 376 g/mol. The fourth-order valence-electron chi connectivity index (χ4n) is 2.33. The fraction of sp³-hybridized carbons (Fsp3) is 0.167. The standard InChI is InChI=1S/C17H22N4O2.C7H8/c18-11-5-3-1-2-4-6-12-20-16-9-7-14(13-15(16)19)8-10-17(22)21-23;1-7-5-3-2-4-6-7/h1-3,5,7-11,13,18,20,23H,4,6,12,19H2,(H,21,22);2-6H,1H3/b2-1+,5-3-,10-8+,18-11?;. The molecular formula is C24H30N4O2. The van der Waals surface area contributed by atoms with E-state index >= 15 is 0 Å². The van der Waals surface area contributed by atoms with E-state index in [-0.39, 0.29) is 0 Å². The van der Waals surface area contributed by atoms with Gasteiger partial charge in [-0.25, -0.2) is 5.48 Å². The van der Waals surface area contributed by atoms with Gasteiger partial charge in [0.15, 0.2) is 0 Å². The minimum atomic E-state index is -0.589. The average Bonchev–Trinajstić information content (AvgIpc) is 2.76. The van der Waals surface area contributed by atoms with Gasteiger partial charge in [-0.05, 0) is 49.6 Å². The lowest BCUT2D eigenvalue weighted by Crippen LogP contribution is -2.14. The number of aryl methyl sites for hydroxylation is 1. The van der Waals surface area contributed by atoms with Crippen molar-refractivity contribution in [2.75, 3.05) is 17.6 Å². The molecule has 0 aliphatic carbocycles. The second-order valence-electron chi connectivity index (χ2n) is 6.36. The van der Waals surface area contributed by atoms with E-state index in [1.54, 1.807) is 18.2 Å². The van der Waals surface area contributed by atoms with Gasteiger partial charge >= 0.3 is 0 Å². The van der Waals surface area contributed by atoms with Crippen LogP contribution >= 0.6 is 0 Å². The number of amides is 1. The number of carbonyl (C=O) groups excluding carboxylic acids is 1. The predicted octanol–water partition coefficient (Wildman–Crippen LogP) is 4.74. The van der Waals surface area contributed by atoms with Crippen LogP contribution in [0.5, 0.6) is 0 Å². The van der Waals surface area contributed by atoms with E-state index < -0.39 is 5.91 Å². The Balaban J connectivity index is 0.000000539. The Bertz CT molecular complexity index is 859. The van der Waals surface area contributed by atoms with Crippen LogP contribution in [0.3, 0.4) is 0 Å². The number of unbranched alkanes of at least 4 members (excludes halogenated alkanes) is 1. The van der Waals surface area contributed by atoms with Gasteiger partial charge in [0.25, 0.3) is 5.91 Å². The maximum atomic E-state index is 10.9. The van der Waals surface area contributed by atoms with Crippen LogP contribution in [0, 0.1) is 12.3 Å². The highest BCUT2D eigenvalue weighted by atomic mass is 16.5. The van der Waals surface area contributed by atoms with Crippen molar-refractivity contribution in [1.82, 2.24) is 5.48 Å². The number of nitrogens with one attached hydrogen (secondary N) is 3. The van der Waals surface area contributed by atoms with E-state index in [4.69, 9.17) is 16.4 Å². The highest BCUT2D eigenvalue weighted by Crippen LogP contribution is 2.20. The smallest absolute Gasteiger partial charge is 0.267 e. The van der Waals surface area contributed by atoms with Crippen molar-refractivity contribution in [3.05, 3.63) is 90.0 Å². The zero-order valence-electron chi connectivity index (χ0n) is 17.2. The zero-order chi connectivity index (χ0) is 22.0. The first-order valence-electron chi connectivity index (χ1n) is 9.66. The molecule has 6 N–H and O–H groups in total. The van der Waals surface area contributed by atoms with Crippen molar-refractivity contribution >= 4 is 29.6 Å². The number of carbonyl (C=O) groups is 1. The SMILES string of the molecule is Cc1ccccc1.N=C/C=C\C=C\CCCNc1ccc(/C=C/C(=O)NO)cc1N. The number of hydrogen-bond donors (Lipinski definition) is 5. The summed E-state index contributed by atoms with van der Waals surface area (Å²) in [6.45, 7) is 2.88. The molecule has 0 aliphatic heterocycles. The maximum Gasteiger partial charge on any atom is 0.267 e. The second kappa shape index (κ2) is 15.3. The topological polar surface area (TPSA) is 111 Å². The number of nitrogens with two attached hydrogens (primary N) is 1. The molecule has 0 saturated heterocycles. The molecule has 1 amide bonds. The summed E-state index contributed by atoms with van der Waals surface area (Å²) in [5.74, 6) is -0.589. The third kappa shape index (κ3) is 11.3. The average molecular weight is 407 g/mol. The normalized spacial score (nSPS) is 10.7. The van der Waals surface area contributed by atoms with Gasteiger partial charge in [-0.2, -0.15) is 0 Å². The van der Waals surface area contributed by atoms with Crippen molar-refractivity contribution < 1.29 is 10.0 Å². The predicted molar refractivity (Wildman–Crippen MR) is 126 cm³/mol. The Morgan fingerprint density at radius 1 is 1.13 bits per heavy atom. The number of allylic oxidation sites excluding steroid dienone is 4. The molecule has 0 radical (unpaired) electrons. The first-order chi connectivity index (χ1) is 14.6. The Morgan fingerprint density at radius 3 is 2.50 bits per heavy atom. The Morgan fingerprint density at radius 2 is 1.90 bits per heavy atom. The molecule has 2 rings (SSSR count). The van der Waals surface area contributed by atoms with Crippen molar-refractivity contribution in [1.29, 1.82) is 5.41 Å². The molecule has 0 spiro atoms. The second-order valence-corrected chi connectivity index (χ2v) is 6.36. The molecule has 0 aliphatic rings. The number of hydroxylamine groups is 1. The molecule has 6 heteroatoms. The molecule has 0 heterocycles. The number of rotatable bonds is 9. The van der Waals surface area contributed by atoms with E-state index in [0.717, 1.165) is 30.6 Å². The number of anilines is 2.